The van der Waals surface area contributed by atoms with E-state index in [-0.39, 0.29) is 42.1 Å². The highest BCUT2D eigenvalue weighted by molar-refractivity contribution is 6.06. The monoisotopic (exact) mass is 381 g/mol. The second kappa shape index (κ2) is 6.19. The SMILES string of the molecule is O=C(Cn1c(=O)oc2ccccc21)N1CC(N2C(=O)[C@@H]3CC=CC[C@H]3C2=O)C1. The normalized spacial score (nSPS) is 24.7. The molecule has 28 heavy (non-hydrogen) atoms. The van der Waals surface area contributed by atoms with E-state index in [1.54, 1.807) is 29.2 Å². The molecule has 1 aromatic carbocycles. The highest BCUT2D eigenvalue weighted by atomic mass is 16.4. The van der Waals surface area contributed by atoms with Gasteiger partial charge in [-0.15, -0.1) is 0 Å². The summed E-state index contributed by atoms with van der Waals surface area (Å²) >= 11 is 0. The Kier molecular flexibility index (Phi) is 3.75. The Morgan fingerprint density at radius 1 is 1.00 bits per heavy atom. The number of para-hydroxylation sites is 2. The molecule has 3 amide bonds. The summed E-state index contributed by atoms with van der Waals surface area (Å²) < 4.78 is 6.45. The zero-order chi connectivity index (χ0) is 19.4. The Hall–Kier alpha value is -3.16. The van der Waals surface area contributed by atoms with Gasteiger partial charge in [0.2, 0.25) is 17.7 Å². The largest absolute Gasteiger partial charge is 0.420 e. The number of nitrogens with zero attached hydrogens (tertiary/aromatic N) is 3. The molecule has 0 bridgehead atoms. The summed E-state index contributed by atoms with van der Waals surface area (Å²) in [4.78, 5) is 52.8. The van der Waals surface area contributed by atoms with Crippen molar-refractivity contribution >= 4 is 28.8 Å². The van der Waals surface area contributed by atoms with Crippen LogP contribution in [0.25, 0.3) is 11.1 Å². The summed E-state index contributed by atoms with van der Waals surface area (Å²) in [6.07, 6.45) is 5.13. The third kappa shape index (κ3) is 2.44. The number of carbonyl (C=O) groups excluding carboxylic acids is 3. The average molecular weight is 381 g/mol. The highest BCUT2D eigenvalue weighted by Gasteiger charge is 2.52. The van der Waals surface area contributed by atoms with Crippen molar-refractivity contribution in [3.05, 3.63) is 47.0 Å². The molecule has 2 fully saturated rings. The lowest BCUT2D eigenvalue weighted by atomic mass is 9.85. The first-order valence-corrected chi connectivity index (χ1v) is 9.42. The summed E-state index contributed by atoms with van der Waals surface area (Å²) in [6, 6.07) is 6.67. The van der Waals surface area contributed by atoms with Crippen molar-refractivity contribution < 1.29 is 18.8 Å². The number of benzene rings is 1. The van der Waals surface area contributed by atoms with Crippen LogP contribution in [0.4, 0.5) is 0 Å². The minimum absolute atomic E-state index is 0.117. The zero-order valence-electron chi connectivity index (χ0n) is 15.1. The molecule has 8 heteroatoms. The van der Waals surface area contributed by atoms with E-state index in [1.807, 2.05) is 12.2 Å². The molecule has 2 aliphatic heterocycles. The van der Waals surface area contributed by atoms with Crippen molar-refractivity contribution in [3.8, 4) is 0 Å². The van der Waals surface area contributed by atoms with Crippen molar-refractivity contribution in [2.24, 2.45) is 11.8 Å². The quantitative estimate of drug-likeness (QED) is 0.578. The second-order valence-electron chi connectivity index (χ2n) is 7.58. The van der Waals surface area contributed by atoms with Crippen LogP contribution in [0, 0.1) is 11.8 Å². The minimum Gasteiger partial charge on any atom is -0.408 e. The number of imide groups is 1. The Bertz CT molecular complexity index is 1050. The number of aromatic nitrogens is 1. The van der Waals surface area contributed by atoms with Crippen LogP contribution in [0.2, 0.25) is 0 Å². The Morgan fingerprint density at radius 3 is 2.32 bits per heavy atom. The van der Waals surface area contributed by atoms with Crippen LogP contribution in [0.15, 0.2) is 45.6 Å². The molecular weight excluding hydrogens is 362 g/mol. The number of hydrogen-bond acceptors (Lipinski definition) is 5. The van der Waals surface area contributed by atoms with E-state index < -0.39 is 5.76 Å². The first-order chi connectivity index (χ1) is 13.5. The van der Waals surface area contributed by atoms with Crippen LogP contribution in [0.1, 0.15) is 12.8 Å². The van der Waals surface area contributed by atoms with Crippen LogP contribution in [0.5, 0.6) is 0 Å². The maximum absolute atomic E-state index is 12.6. The average Bonchev–Trinajstić information content (AvgIpc) is 3.10. The molecule has 1 aliphatic carbocycles. The predicted octanol–water partition coefficient (Wildman–Crippen LogP) is 0.757. The molecule has 0 unspecified atom stereocenters. The molecule has 1 aromatic heterocycles. The van der Waals surface area contributed by atoms with Crippen molar-refractivity contribution in [3.63, 3.8) is 0 Å². The molecule has 144 valence electrons. The van der Waals surface area contributed by atoms with Crippen LogP contribution in [0.3, 0.4) is 0 Å². The Morgan fingerprint density at radius 2 is 1.64 bits per heavy atom. The van der Waals surface area contributed by atoms with E-state index in [4.69, 9.17) is 4.42 Å². The van der Waals surface area contributed by atoms with Gasteiger partial charge in [0, 0.05) is 13.1 Å². The van der Waals surface area contributed by atoms with E-state index in [1.165, 1.54) is 9.47 Å². The number of carbonyl (C=O) groups is 3. The Balaban J connectivity index is 1.26. The van der Waals surface area contributed by atoms with Crippen molar-refractivity contribution in [2.75, 3.05) is 13.1 Å². The summed E-state index contributed by atoms with van der Waals surface area (Å²) in [5.74, 6) is -1.55. The van der Waals surface area contributed by atoms with E-state index >= 15 is 0 Å². The fraction of sp³-hybridized carbons (Fsp3) is 0.400. The fourth-order valence-electron chi connectivity index (χ4n) is 4.41. The van der Waals surface area contributed by atoms with Gasteiger partial charge in [-0.1, -0.05) is 24.3 Å². The summed E-state index contributed by atoms with van der Waals surface area (Å²) in [5, 5.41) is 0. The molecule has 2 saturated heterocycles. The van der Waals surface area contributed by atoms with Gasteiger partial charge in [-0.05, 0) is 25.0 Å². The van der Waals surface area contributed by atoms with Gasteiger partial charge in [0.25, 0.3) is 0 Å². The number of oxazole rings is 1. The van der Waals surface area contributed by atoms with Gasteiger partial charge in [-0.25, -0.2) is 4.79 Å². The minimum atomic E-state index is -0.576. The topological polar surface area (TPSA) is 92.8 Å². The first kappa shape index (κ1) is 17.0. The van der Waals surface area contributed by atoms with Crippen LogP contribution in [-0.2, 0) is 20.9 Å². The molecule has 0 saturated carbocycles. The zero-order valence-corrected chi connectivity index (χ0v) is 15.1. The molecule has 0 radical (unpaired) electrons. The van der Waals surface area contributed by atoms with E-state index in [2.05, 4.69) is 0 Å². The van der Waals surface area contributed by atoms with Crippen LogP contribution in [-0.4, -0.2) is 51.2 Å². The number of likely N-dealkylation sites (tertiary alicyclic amines) is 2. The molecule has 5 rings (SSSR count). The van der Waals surface area contributed by atoms with Gasteiger partial charge in [-0.2, -0.15) is 0 Å². The fourth-order valence-corrected chi connectivity index (χ4v) is 4.41. The van der Waals surface area contributed by atoms with Crippen LogP contribution < -0.4 is 5.76 Å². The van der Waals surface area contributed by atoms with Crippen molar-refractivity contribution in [1.82, 2.24) is 14.4 Å². The number of hydrogen-bond donors (Lipinski definition) is 0. The van der Waals surface area contributed by atoms with Gasteiger partial charge < -0.3 is 9.32 Å². The number of allylic oxidation sites excluding steroid dienone is 2. The Labute approximate surface area is 160 Å². The third-order valence-electron chi connectivity index (χ3n) is 5.99. The maximum atomic E-state index is 12.6. The van der Waals surface area contributed by atoms with Gasteiger partial charge >= 0.3 is 5.76 Å². The molecular formula is C20H19N3O5. The smallest absolute Gasteiger partial charge is 0.408 e. The van der Waals surface area contributed by atoms with Crippen molar-refractivity contribution in [1.29, 1.82) is 0 Å². The number of rotatable bonds is 3. The molecule has 3 heterocycles. The second-order valence-corrected chi connectivity index (χ2v) is 7.58. The first-order valence-electron chi connectivity index (χ1n) is 9.42. The van der Waals surface area contributed by atoms with Gasteiger partial charge in [0.1, 0.15) is 6.54 Å². The molecule has 2 aromatic rings. The van der Waals surface area contributed by atoms with Crippen molar-refractivity contribution in [2.45, 2.75) is 25.4 Å². The van der Waals surface area contributed by atoms with E-state index in [9.17, 15) is 19.2 Å². The van der Waals surface area contributed by atoms with Gasteiger partial charge in [-0.3, -0.25) is 23.9 Å². The van der Waals surface area contributed by atoms with Gasteiger partial charge in [0.15, 0.2) is 5.58 Å². The highest BCUT2D eigenvalue weighted by Crippen LogP contribution is 2.37. The number of fused-ring (bicyclic) bond motifs is 2. The molecule has 3 aliphatic rings. The van der Waals surface area contributed by atoms with Gasteiger partial charge in [0.05, 0.1) is 23.4 Å². The van der Waals surface area contributed by atoms with E-state index in [0.717, 1.165) is 0 Å². The molecule has 2 atom stereocenters. The lowest BCUT2D eigenvalue weighted by Gasteiger charge is -2.43. The molecule has 8 nitrogen and oxygen atoms in total. The lowest BCUT2D eigenvalue weighted by Crippen LogP contribution is -2.63. The predicted molar refractivity (Wildman–Crippen MR) is 98.0 cm³/mol. The standard InChI is InChI=1S/C20H19N3O5/c24-17(11-22-15-7-3-4-8-16(15)28-20(22)27)21-9-12(10-21)23-18(25)13-5-1-2-6-14(13)19(23)26/h1-4,7-8,12-14H,5-6,9-11H2/t13-,14-/m1/s1. The summed E-state index contributed by atoms with van der Waals surface area (Å²) in [6.45, 7) is 0.501. The molecule has 0 spiro atoms. The summed E-state index contributed by atoms with van der Waals surface area (Å²) in [5.41, 5.74) is 1.01. The third-order valence-corrected chi connectivity index (χ3v) is 5.99. The summed E-state index contributed by atoms with van der Waals surface area (Å²) in [7, 11) is 0. The lowest BCUT2D eigenvalue weighted by molar-refractivity contribution is -0.153. The maximum Gasteiger partial charge on any atom is 0.420 e. The van der Waals surface area contributed by atoms with E-state index in [0.29, 0.717) is 37.0 Å². The number of amides is 3. The molecule has 0 N–H and O–H groups in total. The van der Waals surface area contributed by atoms with Crippen LogP contribution >= 0.6 is 0 Å².